The number of allylic oxidation sites excluding steroid dienone is 2. The molecule has 1 fully saturated rings. The fourth-order valence-electron chi connectivity index (χ4n) is 8.91. The quantitative estimate of drug-likeness (QED) is 0.0197. The summed E-state index contributed by atoms with van der Waals surface area (Å²) in [6.45, 7) is 4.05. The van der Waals surface area contributed by atoms with E-state index in [2.05, 4.69) is 30.2 Å². The molecular formula is C54H104O12S. The van der Waals surface area contributed by atoms with Crippen LogP contribution in [0.3, 0.4) is 0 Å². The van der Waals surface area contributed by atoms with Gasteiger partial charge in [-0.05, 0) is 38.5 Å². The highest BCUT2D eigenvalue weighted by atomic mass is 32.3. The third-order valence-corrected chi connectivity index (χ3v) is 13.6. The molecule has 0 radical (unpaired) electrons. The fraction of sp³-hybridized carbons (Fsp3) is 0.944. The van der Waals surface area contributed by atoms with Gasteiger partial charge in [0, 0.05) is 13.0 Å². The van der Waals surface area contributed by atoms with Crippen LogP contribution in [0.15, 0.2) is 12.2 Å². The van der Waals surface area contributed by atoms with E-state index in [0.717, 1.165) is 38.5 Å². The van der Waals surface area contributed by atoms with Crippen molar-refractivity contribution in [2.45, 2.75) is 301 Å². The van der Waals surface area contributed by atoms with Gasteiger partial charge in [0.1, 0.15) is 30.5 Å². The largest absolute Gasteiger partial charge is 0.457 e. The van der Waals surface area contributed by atoms with E-state index >= 15 is 0 Å². The fourth-order valence-corrected chi connectivity index (χ4v) is 9.41. The zero-order valence-corrected chi connectivity index (χ0v) is 43.8. The van der Waals surface area contributed by atoms with Crippen LogP contribution < -0.4 is 0 Å². The van der Waals surface area contributed by atoms with E-state index in [1.54, 1.807) is 0 Å². The first-order valence-electron chi connectivity index (χ1n) is 27.9. The molecule has 1 aliphatic heterocycles. The Morgan fingerprint density at radius 1 is 0.552 bits per heavy atom. The Balaban J connectivity index is 2.30. The molecule has 1 heterocycles. The van der Waals surface area contributed by atoms with E-state index in [9.17, 15) is 33.1 Å². The van der Waals surface area contributed by atoms with E-state index < -0.39 is 59.8 Å². The molecule has 1 rings (SSSR count). The number of hydrogen-bond acceptors (Lipinski definition) is 11. The van der Waals surface area contributed by atoms with E-state index in [-0.39, 0.29) is 19.6 Å². The van der Waals surface area contributed by atoms with Crippen molar-refractivity contribution in [3.05, 3.63) is 12.2 Å². The predicted octanol–water partition coefficient (Wildman–Crippen LogP) is 13.4. The van der Waals surface area contributed by atoms with Crippen LogP contribution in [0, 0.1) is 0 Å². The van der Waals surface area contributed by atoms with Gasteiger partial charge in [-0.25, -0.2) is 4.18 Å². The maximum absolute atomic E-state index is 12.9. The molecule has 0 saturated carbocycles. The van der Waals surface area contributed by atoms with Crippen molar-refractivity contribution in [3.8, 4) is 0 Å². The summed E-state index contributed by atoms with van der Waals surface area (Å²) in [6, 6.07) is 0. The Labute approximate surface area is 410 Å². The van der Waals surface area contributed by atoms with Crippen molar-refractivity contribution in [1.82, 2.24) is 0 Å². The monoisotopic (exact) mass is 977 g/mol. The van der Waals surface area contributed by atoms with E-state index in [4.69, 9.17) is 18.9 Å². The molecule has 0 spiro atoms. The lowest BCUT2D eigenvalue weighted by Crippen LogP contribution is -2.60. The normalized spacial score (nSPS) is 19.4. The molecule has 0 aliphatic carbocycles. The number of aliphatic hydroxyl groups is 3. The van der Waals surface area contributed by atoms with Gasteiger partial charge in [0.2, 0.25) is 0 Å². The zero-order chi connectivity index (χ0) is 48.9. The molecule has 1 saturated heterocycles. The van der Waals surface area contributed by atoms with Gasteiger partial charge in [-0.3, -0.25) is 9.35 Å². The number of carbonyl (C=O) groups excluding carboxylic acids is 1. The third kappa shape index (κ3) is 39.2. The second kappa shape index (κ2) is 45.9. The SMILES string of the molecule is CCCCCCCCCC/C=C\CCCCCCCCCCCCOCC(COC1OC(CO)C(O)C(OS(=O)(=O)O)C1O)OC(=O)CCCCCCCCCCCCCCCCCCCC. The summed E-state index contributed by atoms with van der Waals surface area (Å²) in [5.41, 5.74) is 0. The number of hydrogen-bond donors (Lipinski definition) is 4. The highest BCUT2D eigenvalue weighted by Crippen LogP contribution is 2.26. The van der Waals surface area contributed by atoms with E-state index in [1.807, 2.05) is 0 Å². The minimum atomic E-state index is -5.06. The molecular weight excluding hydrogens is 873 g/mol. The minimum absolute atomic E-state index is 0.0414. The maximum atomic E-state index is 12.9. The number of unbranched alkanes of at least 4 members (excludes halogenated alkanes) is 35. The molecule has 6 atom stereocenters. The molecule has 1 aliphatic rings. The number of aliphatic hydroxyl groups excluding tert-OH is 3. The topological polar surface area (TPSA) is 178 Å². The summed E-state index contributed by atoms with van der Waals surface area (Å²) >= 11 is 0. The van der Waals surface area contributed by atoms with Crippen LogP contribution in [-0.4, -0.2) is 97.5 Å². The van der Waals surface area contributed by atoms with Gasteiger partial charge in [0.05, 0.1) is 19.8 Å². The zero-order valence-electron chi connectivity index (χ0n) is 43.0. The molecule has 0 amide bonds. The number of rotatable bonds is 50. The molecule has 0 aromatic heterocycles. The third-order valence-electron chi connectivity index (χ3n) is 13.1. The molecule has 4 N–H and O–H groups in total. The Hall–Kier alpha value is -1.16. The summed E-state index contributed by atoms with van der Waals surface area (Å²) in [6.07, 6.45) is 43.9. The van der Waals surface area contributed by atoms with Gasteiger partial charge in [-0.2, -0.15) is 8.42 Å². The number of carbonyl (C=O) groups is 1. The van der Waals surface area contributed by atoms with Gasteiger partial charge >= 0.3 is 16.4 Å². The summed E-state index contributed by atoms with van der Waals surface area (Å²) in [7, 11) is -5.06. The lowest BCUT2D eigenvalue weighted by atomic mass is 9.99. The van der Waals surface area contributed by atoms with Gasteiger partial charge < -0.3 is 34.3 Å². The molecule has 0 bridgehead atoms. The average molecular weight is 977 g/mol. The average Bonchev–Trinajstić information content (AvgIpc) is 3.30. The summed E-state index contributed by atoms with van der Waals surface area (Å²) < 4.78 is 59.4. The van der Waals surface area contributed by atoms with E-state index in [0.29, 0.717) is 13.0 Å². The van der Waals surface area contributed by atoms with Crippen LogP contribution in [-0.2, 0) is 38.3 Å². The van der Waals surface area contributed by atoms with Gasteiger partial charge in [0.15, 0.2) is 6.29 Å². The van der Waals surface area contributed by atoms with Crippen LogP contribution in [0.4, 0.5) is 0 Å². The molecule has 398 valence electrons. The van der Waals surface area contributed by atoms with Crippen molar-refractivity contribution >= 4 is 16.4 Å². The molecule has 12 nitrogen and oxygen atoms in total. The van der Waals surface area contributed by atoms with Crippen molar-refractivity contribution in [2.75, 3.05) is 26.4 Å². The second-order valence-electron chi connectivity index (χ2n) is 19.5. The van der Waals surface area contributed by atoms with Crippen LogP contribution in [0.25, 0.3) is 0 Å². The summed E-state index contributed by atoms with van der Waals surface area (Å²) in [5.74, 6) is -0.392. The highest BCUT2D eigenvalue weighted by Gasteiger charge is 2.48. The minimum Gasteiger partial charge on any atom is -0.457 e. The lowest BCUT2D eigenvalue weighted by molar-refractivity contribution is -0.301. The van der Waals surface area contributed by atoms with Crippen molar-refractivity contribution < 1.29 is 56.2 Å². The second-order valence-corrected chi connectivity index (χ2v) is 20.6. The standard InChI is InChI=1S/C54H104O12S/c1-3-5-7-9-11-13-15-17-19-21-23-24-25-26-28-30-32-34-36-38-40-42-44-62-46-48(47-63-54-52(58)53(66-67(59,60)61)51(57)49(45-55)65-54)64-50(56)43-41-39-37-35-33-31-29-27-22-20-18-16-14-12-10-8-6-4-2/h21,23,48-49,51-55,57-58H,3-20,22,24-47H2,1-2H3,(H,59,60,61)/b23-21-. The molecule has 67 heavy (non-hydrogen) atoms. The first-order chi connectivity index (χ1) is 32.6. The van der Waals surface area contributed by atoms with Crippen molar-refractivity contribution in [3.63, 3.8) is 0 Å². The lowest BCUT2D eigenvalue weighted by Gasteiger charge is -2.41. The van der Waals surface area contributed by atoms with Gasteiger partial charge in [-0.15, -0.1) is 0 Å². The first-order valence-corrected chi connectivity index (χ1v) is 29.3. The Morgan fingerprint density at radius 3 is 1.34 bits per heavy atom. The highest BCUT2D eigenvalue weighted by molar-refractivity contribution is 7.80. The van der Waals surface area contributed by atoms with Crippen LogP contribution in [0.2, 0.25) is 0 Å². The predicted molar refractivity (Wildman–Crippen MR) is 271 cm³/mol. The number of ether oxygens (including phenoxy) is 4. The maximum Gasteiger partial charge on any atom is 0.397 e. The molecule has 0 aromatic rings. The van der Waals surface area contributed by atoms with E-state index in [1.165, 1.54) is 199 Å². The number of esters is 1. The summed E-state index contributed by atoms with van der Waals surface area (Å²) in [5, 5.41) is 30.8. The Morgan fingerprint density at radius 2 is 0.940 bits per heavy atom. The smallest absolute Gasteiger partial charge is 0.397 e. The van der Waals surface area contributed by atoms with Gasteiger partial charge in [0.25, 0.3) is 0 Å². The van der Waals surface area contributed by atoms with Crippen molar-refractivity contribution in [2.24, 2.45) is 0 Å². The Bertz CT molecular complexity index is 1220. The van der Waals surface area contributed by atoms with Crippen LogP contribution >= 0.6 is 0 Å². The molecule has 13 heteroatoms. The first kappa shape index (κ1) is 63.9. The van der Waals surface area contributed by atoms with Gasteiger partial charge in [-0.1, -0.05) is 231 Å². The molecule has 0 aromatic carbocycles. The Kier molecular flexibility index (Phi) is 43.8. The van der Waals surface area contributed by atoms with Crippen LogP contribution in [0.5, 0.6) is 0 Å². The molecule has 6 unspecified atom stereocenters. The summed E-state index contributed by atoms with van der Waals surface area (Å²) in [4.78, 5) is 12.9. The van der Waals surface area contributed by atoms with Crippen LogP contribution in [0.1, 0.15) is 264 Å². The van der Waals surface area contributed by atoms with Crippen molar-refractivity contribution in [1.29, 1.82) is 0 Å².